The first kappa shape index (κ1) is 13.6. The van der Waals surface area contributed by atoms with E-state index in [1.54, 1.807) is 0 Å². The van der Waals surface area contributed by atoms with E-state index in [1.165, 1.54) is 38.5 Å². The lowest BCUT2D eigenvalue weighted by molar-refractivity contribution is 0.428. The van der Waals surface area contributed by atoms with Crippen LogP contribution in [0.25, 0.3) is 0 Å². The maximum atomic E-state index is 5.59. The van der Waals surface area contributed by atoms with Gasteiger partial charge in [-0.15, -0.1) is 0 Å². The van der Waals surface area contributed by atoms with Crippen molar-refractivity contribution in [2.45, 2.75) is 58.4 Å². The van der Waals surface area contributed by atoms with Gasteiger partial charge in [0.2, 0.25) is 0 Å². The van der Waals surface area contributed by atoms with Gasteiger partial charge in [0.05, 0.1) is 0 Å². The second kappa shape index (κ2) is 5.56. The summed E-state index contributed by atoms with van der Waals surface area (Å²) in [6.07, 6.45) is 8.13. The zero-order valence-electron chi connectivity index (χ0n) is 12.5. The Labute approximate surface area is 120 Å². The van der Waals surface area contributed by atoms with E-state index in [2.05, 4.69) is 22.2 Å². The van der Waals surface area contributed by atoms with Crippen molar-refractivity contribution in [2.75, 3.05) is 16.9 Å². The number of nitrogens with two attached hydrogens (primary N) is 1. The SMILES string of the molecule is Cc1nc(NN)c(C)c(N2CCCC2C2CCCC2)n1. The zero-order valence-corrected chi connectivity index (χ0v) is 12.5. The van der Waals surface area contributed by atoms with Gasteiger partial charge in [0.15, 0.2) is 0 Å². The zero-order chi connectivity index (χ0) is 14.1. The summed E-state index contributed by atoms with van der Waals surface area (Å²) in [7, 11) is 0. The van der Waals surface area contributed by atoms with Crippen LogP contribution in [0, 0.1) is 19.8 Å². The number of aryl methyl sites for hydroxylation is 1. The number of rotatable bonds is 3. The molecule has 1 atom stereocenters. The number of hydrogen-bond acceptors (Lipinski definition) is 5. The van der Waals surface area contributed by atoms with Gasteiger partial charge in [-0.05, 0) is 45.4 Å². The van der Waals surface area contributed by atoms with Crippen LogP contribution < -0.4 is 16.2 Å². The molecule has 1 unspecified atom stereocenters. The number of nitrogen functional groups attached to an aromatic ring is 1. The van der Waals surface area contributed by atoms with E-state index in [-0.39, 0.29) is 0 Å². The smallest absolute Gasteiger partial charge is 0.148 e. The van der Waals surface area contributed by atoms with E-state index in [0.717, 1.165) is 35.5 Å². The average molecular weight is 275 g/mol. The van der Waals surface area contributed by atoms with Gasteiger partial charge in [0, 0.05) is 18.2 Å². The normalized spacial score (nSPS) is 23.6. The summed E-state index contributed by atoms with van der Waals surface area (Å²) in [4.78, 5) is 11.6. The highest BCUT2D eigenvalue weighted by Gasteiger charge is 2.35. The maximum absolute atomic E-state index is 5.59. The highest BCUT2D eigenvalue weighted by atomic mass is 15.3. The summed E-state index contributed by atoms with van der Waals surface area (Å²) < 4.78 is 0. The molecule has 5 heteroatoms. The standard InChI is InChI=1S/C15H25N5/c1-10-14(19-16)17-11(2)18-15(10)20-9-5-8-13(20)12-6-3-4-7-12/h12-13H,3-9,16H2,1-2H3,(H,17,18,19). The molecular formula is C15H25N5. The molecule has 2 aliphatic rings. The summed E-state index contributed by atoms with van der Waals surface area (Å²) >= 11 is 0. The third kappa shape index (κ3) is 2.35. The van der Waals surface area contributed by atoms with Crippen molar-refractivity contribution in [2.24, 2.45) is 11.8 Å². The third-order valence-electron chi connectivity index (χ3n) is 4.88. The molecule has 20 heavy (non-hydrogen) atoms. The molecule has 1 aromatic rings. The fraction of sp³-hybridized carbons (Fsp3) is 0.733. The first-order chi connectivity index (χ1) is 9.70. The van der Waals surface area contributed by atoms with Crippen LogP contribution in [-0.2, 0) is 0 Å². The second-order valence-electron chi connectivity index (χ2n) is 6.16. The van der Waals surface area contributed by atoms with Gasteiger partial charge in [0.1, 0.15) is 17.5 Å². The Morgan fingerprint density at radius 2 is 1.85 bits per heavy atom. The molecule has 0 spiro atoms. The Kier molecular flexibility index (Phi) is 3.78. The largest absolute Gasteiger partial charge is 0.353 e. The van der Waals surface area contributed by atoms with Crippen LogP contribution in [0.4, 0.5) is 11.6 Å². The molecule has 1 saturated heterocycles. The third-order valence-corrected chi connectivity index (χ3v) is 4.88. The number of nitrogens with zero attached hydrogens (tertiary/aromatic N) is 3. The number of hydrazine groups is 1. The average Bonchev–Trinajstić information content (AvgIpc) is 3.09. The van der Waals surface area contributed by atoms with Gasteiger partial charge in [0.25, 0.3) is 0 Å². The Morgan fingerprint density at radius 3 is 2.55 bits per heavy atom. The summed E-state index contributed by atoms with van der Waals surface area (Å²) in [6.45, 7) is 5.11. The van der Waals surface area contributed by atoms with Crippen molar-refractivity contribution in [1.29, 1.82) is 0 Å². The van der Waals surface area contributed by atoms with E-state index in [1.807, 2.05) is 6.92 Å². The van der Waals surface area contributed by atoms with Crippen molar-refractivity contribution in [3.05, 3.63) is 11.4 Å². The van der Waals surface area contributed by atoms with E-state index in [9.17, 15) is 0 Å². The molecule has 0 aromatic carbocycles. The molecule has 2 heterocycles. The summed E-state index contributed by atoms with van der Waals surface area (Å²) in [5, 5.41) is 0. The molecule has 1 aliphatic carbocycles. The van der Waals surface area contributed by atoms with Crippen molar-refractivity contribution in [1.82, 2.24) is 9.97 Å². The number of aromatic nitrogens is 2. The number of nitrogens with one attached hydrogen (secondary N) is 1. The van der Waals surface area contributed by atoms with Crippen LogP contribution in [0.15, 0.2) is 0 Å². The van der Waals surface area contributed by atoms with Crippen LogP contribution in [0.5, 0.6) is 0 Å². The minimum absolute atomic E-state index is 0.663. The Morgan fingerprint density at radius 1 is 1.10 bits per heavy atom. The molecule has 0 radical (unpaired) electrons. The van der Waals surface area contributed by atoms with Crippen LogP contribution >= 0.6 is 0 Å². The van der Waals surface area contributed by atoms with Gasteiger partial charge >= 0.3 is 0 Å². The Balaban J connectivity index is 1.92. The molecule has 3 rings (SSSR count). The van der Waals surface area contributed by atoms with Gasteiger partial charge in [-0.25, -0.2) is 15.8 Å². The molecular weight excluding hydrogens is 250 g/mol. The van der Waals surface area contributed by atoms with Crippen molar-refractivity contribution in [3.63, 3.8) is 0 Å². The number of hydrogen-bond donors (Lipinski definition) is 2. The Bertz CT molecular complexity index is 481. The quantitative estimate of drug-likeness (QED) is 0.655. The fourth-order valence-corrected chi connectivity index (χ4v) is 3.92. The first-order valence-electron chi connectivity index (χ1n) is 7.79. The highest BCUT2D eigenvalue weighted by molar-refractivity contribution is 5.59. The van der Waals surface area contributed by atoms with Crippen LogP contribution in [-0.4, -0.2) is 22.6 Å². The highest BCUT2D eigenvalue weighted by Crippen LogP contribution is 2.38. The lowest BCUT2D eigenvalue weighted by atomic mass is 9.96. The van der Waals surface area contributed by atoms with Crippen LogP contribution in [0.1, 0.15) is 49.9 Å². The predicted octanol–water partition coefficient (Wildman–Crippen LogP) is 2.54. The van der Waals surface area contributed by atoms with E-state index >= 15 is 0 Å². The molecule has 3 N–H and O–H groups in total. The fourth-order valence-electron chi connectivity index (χ4n) is 3.92. The monoisotopic (exact) mass is 275 g/mol. The van der Waals surface area contributed by atoms with Crippen molar-refractivity contribution >= 4 is 11.6 Å². The van der Waals surface area contributed by atoms with Gasteiger partial charge in [-0.1, -0.05) is 12.8 Å². The Hall–Kier alpha value is -1.36. The van der Waals surface area contributed by atoms with Gasteiger partial charge in [-0.2, -0.15) is 0 Å². The lowest BCUT2D eigenvalue weighted by Gasteiger charge is -2.31. The molecule has 5 nitrogen and oxygen atoms in total. The molecule has 0 bridgehead atoms. The predicted molar refractivity (Wildman–Crippen MR) is 81.6 cm³/mol. The first-order valence-corrected chi connectivity index (χ1v) is 7.79. The topological polar surface area (TPSA) is 67.1 Å². The summed E-state index contributed by atoms with van der Waals surface area (Å²) in [5.74, 6) is 9.06. The minimum Gasteiger partial charge on any atom is -0.353 e. The van der Waals surface area contributed by atoms with E-state index in [4.69, 9.17) is 10.8 Å². The van der Waals surface area contributed by atoms with Gasteiger partial charge < -0.3 is 10.3 Å². The molecule has 110 valence electrons. The van der Waals surface area contributed by atoms with Crippen LogP contribution in [0.3, 0.4) is 0 Å². The molecule has 1 saturated carbocycles. The molecule has 0 amide bonds. The van der Waals surface area contributed by atoms with E-state index in [0.29, 0.717) is 6.04 Å². The molecule has 1 aromatic heterocycles. The number of anilines is 2. The van der Waals surface area contributed by atoms with Crippen molar-refractivity contribution in [3.8, 4) is 0 Å². The summed E-state index contributed by atoms with van der Waals surface area (Å²) in [6, 6.07) is 0.663. The second-order valence-corrected chi connectivity index (χ2v) is 6.16. The minimum atomic E-state index is 0.663. The maximum Gasteiger partial charge on any atom is 0.148 e. The van der Waals surface area contributed by atoms with Crippen molar-refractivity contribution < 1.29 is 0 Å². The molecule has 2 fully saturated rings. The lowest BCUT2D eigenvalue weighted by Crippen LogP contribution is -2.36. The summed E-state index contributed by atoms with van der Waals surface area (Å²) in [5.41, 5.74) is 3.78. The molecule has 1 aliphatic heterocycles. The van der Waals surface area contributed by atoms with Crippen LogP contribution in [0.2, 0.25) is 0 Å². The van der Waals surface area contributed by atoms with Gasteiger partial charge in [-0.3, -0.25) is 0 Å². The van der Waals surface area contributed by atoms with E-state index < -0.39 is 0 Å².